The van der Waals surface area contributed by atoms with Gasteiger partial charge in [0.1, 0.15) is 0 Å². The number of anilines is 1. The van der Waals surface area contributed by atoms with Gasteiger partial charge in [-0.2, -0.15) is 0 Å². The second-order valence-corrected chi connectivity index (χ2v) is 3.93. The lowest BCUT2D eigenvalue weighted by molar-refractivity contribution is 0.519. The Hall–Kier alpha value is -1.02. The summed E-state index contributed by atoms with van der Waals surface area (Å²) in [5.41, 5.74) is 9.76. The zero-order chi connectivity index (χ0) is 9.42. The summed E-state index contributed by atoms with van der Waals surface area (Å²) in [6.45, 7) is 6.30. The molecule has 2 nitrogen and oxygen atoms in total. The van der Waals surface area contributed by atoms with Gasteiger partial charge in [0.25, 0.3) is 0 Å². The Morgan fingerprint density at radius 2 is 1.92 bits per heavy atom. The minimum absolute atomic E-state index is 0.376. The first-order chi connectivity index (χ1) is 6.16. The minimum atomic E-state index is 0.376. The molecule has 1 heterocycles. The van der Waals surface area contributed by atoms with E-state index in [9.17, 15) is 0 Å². The molecule has 2 N–H and O–H groups in total. The number of rotatable bonds is 1. The van der Waals surface area contributed by atoms with Crippen molar-refractivity contribution in [3.8, 4) is 0 Å². The SMILES string of the molecule is Cc1ccc(N2CC(N)C2)cc1C. The van der Waals surface area contributed by atoms with Gasteiger partial charge < -0.3 is 10.6 Å². The Labute approximate surface area is 79.4 Å². The van der Waals surface area contributed by atoms with Crippen LogP contribution in [0.3, 0.4) is 0 Å². The maximum Gasteiger partial charge on any atom is 0.0395 e. The summed E-state index contributed by atoms with van der Waals surface area (Å²) >= 11 is 0. The van der Waals surface area contributed by atoms with Crippen molar-refractivity contribution < 1.29 is 0 Å². The lowest BCUT2D eigenvalue weighted by Crippen LogP contribution is -2.55. The van der Waals surface area contributed by atoms with E-state index in [1.807, 2.05) is 0 Å². The molecule has 1 saturated heterocycles. The van der Waals surface area contributed by atoms with E-state index in [0.717, 1.165) is 13.1 Å². The number of hydrogen-bond acceptors (Lipinski definition) is 2. The maximum atomic E-state index is 5.73. The fourth-order valence-electron chi connectivity index (χ4n) is 1.65. The average molecular weight is 176 g/mol. The number of nitrogens with zero attached hydrogens (tertiary/aromatic N) is 1. The molecule has 1 aromatic rings. The highest BCUT2D eigenvalue weighted by atomic mass is 15.2. The van der Waals surface area contributed by atoms with E-state index in [1.165, 1.54) is 16.8 Å². The second kappa shape index (κ2) is 3.04. The van der Waals surface area contributed by atoms with Gasteiger partial charge >= 0.3 is 0 Å². The molecule has 0 atom stereocenters. The van der Waals surface area contributed by atoms with Crippen molar-refractivity contribution in [1.82, 2.24) is 0 Å². The largest absolute Gasteiger partial charge is 0.368 e. The predicted molar refractivity (Wildman–Crippen MR) is 56.1 cm³/mol. The van der Waals surface area contributed by atoms with Gasteiger partial charge in [0.05, 0.1) is 0 Å². The molecule has 0 aliphatic carbocycles. The summed E-state index contributed by atoms with van der Waals surface area (Å²) in [7, 11) is 0. The highest BCUT2D eigenvalue weighted by molar-refractivity contribution is 5.52. The van der Waals surface area contributed by atoms with Crippen molar-refractivity contribution in [2.75, 3.05) is 18.0 Å². The summed E-state index contributed by atoms with van der Waals surface area (Å²) in [5, 5.41) is 0. The summed E-state index contributed by atoms with van der Waals surface area (Å²) < 4.78 is 0. The fraction of sp³-hybridized carbons (Fsp3) is 0.455. The van der Waals surface area contributed by atoms with E-state index < -0.39 is 0 Å². The summed E-state index contributed by atoms with van der Waals surface area (Å²) in [4.78, 5) is 2.32. The molecule has 0 unspecified atom stereocenters. The van der Waals surface area contributed by atoms with Crippen LogP contribution in [0.5, 0.6) is 0 Å². The molecule has 1 aromatic carbocycles. The zero-order valence-electron chi connectivity index (χ0n) is 8.25. The van der Waals surface area contributed by atoms with Gasteiger partial charge in [-0.1, -0.05) is 6.07 Å². The minimum Gasteiger partial charge on any atom is -0.368 e. The van der Waals surface area contributed by atoms with Crippen molar-refractivity contribution in [3.05, 3.63) is 29.3 Å². The Morgan fingerprint density at radius 3 is 2.46 bits per heavy atom. The van der Waals surface area contributed by atoms with Crippen LogP contribution in [0.25, 0.3) is 0 Å². The van der Waals surface area contributed by atoms with Crippen molar-refractivity contribution >= 4 is 5.69 Å². The molecule has 0 amide bonds. The van der Waals surface area contributed by atoms with E-state index in [1.54, 1.807) is 0 Å². The van der Waals surface area contributed by atoms with Crippen LogP contribution in [-0.2, 0) is 0 Å². The summed E-state index contributed by atoms with van der Waals surface area (Å²) in [6.07, 6.45) is 0. The lowest BCUT2D eigenvalue weighted by Gasteiger charge is -2.39. The highest BCUT2D eigenvalue weighted by Crippen LogP contribution is 2.22. The van der Waals surface area contributed by atoms with Crippen molar-refractivity contribution in [1.29, 1.82) is 0 Å². The van der Waals surface area contributed by atoms with Crippen LogP contribution in [-0.4, -0.2) is 19.1 Å². The third-order valence-corrected chi connectivity index (χ3v) is 2.77. The van der Waals surface area contributed by atoms with Crippen LogP contribution in [0.1, 0.15) is 11.1 Å². The van der Waals surface area contributed by atoms with Gasteiger partial charge in [0, 0.05) is 24.8 Å². The Bertz CT molecular complexity index is 314. The monoisotopic (exact) mass is 176 g/mol. The predicted octanol–water partition coefficient (Wildman–Crippen LogP) is 1.45. The molecule has 2 rings (SSSR count). The molecule has 0 bridgehead atoms. The first-order valence-corrected chi connectivity index (χ1v) is 4.74. The first-order valence-electron chi connectivity index (χ1n) is 4.74. The second-order valence-electron chi connectivity index (χ2n) is 3.93. The zero-order valence-corrected chi connectivity index (χ0v) is 8.25. The third-order valence-electron chi connectivity index (χ3n) is 2.77. The average Bonchev–Trinajstić information content (AvgIpc) is 2.05. The van der Waals surface area contributed by atoms with Crippen molar-refractivity contribution in [2.24, 2.45) is 5.73 Å². The molecule has 0 aromatic heterocycles. The quantitative estimate of drug-likeness (QED) is 0.701. The van der Waals surface area contributed by atoms with Crippen LogP contribution in [0.2, 0.25) is 0 Å². The molecule has 1 aliphatic rings. The molecule has 13 heavy (non-hydrogen) atoms. The number of benzene rings is 1. The van der Waals surface area contributed by atoms with Crippen LogP contribution < -0.4 is 10.6 Å². The Balaban J connectivity index is 2.18. The molecular formula is C11H16N2. The van der Waals surface area contributed by atoms with Crippen LogP contribution in [0.4, 0.5) is 5.69 Å². The normalized spacial score (nSPS) is 17.3. The highest BCUT2D eigenvalue weighted by Gasteiger charge is 2.22. The lowest BCUT2D eigenvalue weighted by atomic mass is 10.1. The number of hydrogen-bond donors (Lipinski definition) is 1. The van der Waals surface area contributed by atoms with Crippen LogP contribution in [0.15, 0.2) is 18.2 Å². The van der Waals surface area contributed by atoms with Crippen LogP contribution >= 0.6 is 0 Å². The van der Waals surface area contributed by atoms with E-state index in [-0.39, 0.29) is 0 Å². The van der Waals surface area contributed by atoms with Gasteiger partial charge in [-0.05, 0) is 37.1 Å². The molecular weight excluding hydrogens is 160 g/mol. The molecule has 0 spiro atoms. The van der Waals surface area contributed by atoms with E-state index in [2.05, 4.69) is 36.9 Å². The summed E-state index contributed by atoms with van der Waals surface area (Å²) in [5.74, 6) is 0. The molecule has 0 saturated carbocycles. The van der Waals surface area contributed by atoms with Crippen LogP contribution in [0, 0.1) is 13.8 Å². The third kappa shape index (κ3) is 1.54. The van der Waals surface area contributed by atoms with Gasteiger partial charge in [-0.25, -0.2) is 0 Å². The fourth-order valence-corrected chi connectivity index (χ4v) is 1.65. The Morgan fingerprint density at radius 1 is 1.23 bits per heavy atom. The standard InChI is InChI=1S/C11H16N2/c1-8-3-4-11(5-9(8)2)13-6-10(12)7-13/h3-5,10H,6-7,12H2,1-2H3. The first kappa shape index (κ1) is 8.57. The molecule has 2 heteroatoms. The topological polar surface area (TPSA) is 29.3 Å². The Kier molecular flexibility index (Phi) is 2.00. The van der Waals surface area contributed by atoms with E-state index in [0.29, 0.717) is 6.04 Å². The van der Waals surface area contributed by atoms with Gasteiger partial charge in [0.2, 0.25) is 0 Å². The van der Waals surface area contributed by atoms with Crippen molar-refractivity contribution in [3.63, 3.8) is 0 Å². The van der Waals surface area contributed by atoms with Gasteiger partial charge in [0.15, 0.2) is 0 Å². The van der Waals surface area contributed by atoms with E-state index in [4.69, 9.17) is 5.73 Å². The molecule has 1 aliphatic heterocycles. The molecule has 1 fully saturated rings. The molecule has 70 valence electrons. The maximum absolute atomic E-state index is 5.73. The summed E-state index contributed by atoms with van der Waals surface area (Å²) in [6, 6.07) is 6.96. The number of aryl methyl sites for hydroxylation is 2. The smallest absolute Gasteiger partial charge is 0.0395 e. The van der Waals surface area contributed by atoms with Gasteiger partial charge in [-0.15, -0.1) is 0 Å². The van der Waals surface area contributed by atoms with Crippen molar-refractivity contribution in [2.45, 2.75) is 19.9 Å². The van der Waals surface area contributed by atoms with Gasteiger partial charge in [-0.3, -0.25) is 0 Å². The number of nitrogens with two attached hydrogens (primary N) is 1. The molecule has 0 radical (unpaired) electrons. The van der Waals surface area contributed by atoms with E-state index >= 15 is 0 Å².